The number of aryl methyl sites for hydroxylation is 2. The lowest BCUT2D eigenvalue weighted by Gasteiger charge is -2.04. The Hall–Kier alpha value is -2.68. The summed E-state index contributed by atoms with van der Waals surface area (Å²) < 4.78 is 6.14. The molecule has 2 heterocycles. The number of anilines is 1. The van der Waals surface area contributed by atoms with E-state index in [0.29, 0.717) is 10.6 Å². The number of methoxy groups -OCH3 is 1. The van der Waals surface area contributed by atoms with Crippen LogP contribution < -0.4 is 5.32 Å². The second kappa shape index (κ2) is 7.26. The number of esters is 1. The second-order valence-electron chi connectivity index (χ2n) is 5.04. The van der Waals surface area contributed by atoms with Crippen molar-refractivity contribution in [3.8, 4) is 0 Å². The van der Waals surface area contributed by atoms with Gasteiger partial charge in [-0.1, -0.05) is 0 Å². The monoisotopic (exact) mass is 351 g/mol. The van der Waals surface area contributed by atoms with E-state index in [0.717, 1.165) is 10.4 Å². The maximum atomic E-state index is 12.3. The fourth-order valence-electron chi connectivity index (χ4n) is 2.05. The summed E-state index contributed by atoms with van der Waals surface area (Å²) in [6.07, 6.45) is 1.45. The highest BCUT2D eigenvalue weighted by Crippen LogP contribution is 2.33. The van der Waals surface area contributed by atoms with E-state index in [1.807, 2.05) is 6.92 Å². The summed E-state index contributed by atoms with van der Waals surface area (Å²) in [7, 11) is 1.28. The molecule has 0 bridgehead atoms. The Morgan fingerprint density at radius 3 is 2.71 bits per heavy atom. The van der Waals surface area contributed by atoms with Crippen LogP contribution in [0, 0.1) is 13.8 Å². The van der Waals surface area contributed by atoms with Gasteiger partial charge >= 0.3 is 11.9 Å². The number of carboxylic acid groups (broad SMARTS) is 1. The highest BCUT2D eigenvalue weighted by molar-refractivity contribution is 7.16. The van der Waals surface area contributed by atoms with E-state index in [1.165, 1.54) is 35.4 Å². The number of aliphatic carboxylic acids is 1. The number of amides is 1. The number of hydrogen-bond donors (Lipinski definition) is 2. The summed E-state index contributed by atoms with van der Waals surface area (Å²) in [4.78, 5) is 35.7. The molecule has 0 aliphatic carbocycles. The van der Waals surface area contributed by atoms with Crippen molar-refractivity contribution in [1.82, 2.24) is 9.78 Å². The quantitative estimate of drug-likeness (QED) is 0.771. The number of thiophene rings is 1. The molecule has 2 rings (SSSR count). The third-order valence-electron chi connectivity index (χ3n) is 3.43. The number of carbonyl (C=O) groups excluding carboxylic acids is 2. The SMILES string of the molecule is COC(=O)c1c(NC(=O)c2ccn(CCC(=O)O)n2)sc(C)c1C. The maximum Gasteiger partial charge on any atom is 0.341 e. The summed E-state index contributed by atoms with van der Waals surface area (Å²) in [5.41, 5.74) is 1.23. The summed E-state index contributed by atoms with van der Waals surface area (Å²) in [6, 6.07) is 1.49. The Morgan fingerprint density at radius 2 is 2.08 bits per heavy atom. The Labute approximate surface area is 142 Å². The zero-order valence-corrected chi connectivity index (χ0v) is 14.3. The third-order valence-corrected chi connectivity index (χ3v) is 4.55. The largest absolute Gasteiger partial charge is 0.481 e. The van der Waals surface area contributed by atoms with Crippen molar-refractivity contribution < 1.29 is 24.2 Å². The van der Waals surface area contributed by atoms with Crippen molar-refractivity contribution in [3.63, 3.8) is 0 Å². The van der Waals surface area contributed by atoms with Crippen LogP contribution in [0.5, 0.6) is 0 Å². The minimum atomic E-state index is -0.941. The van der Waals surface area contributed by atoms with Gasteiger partial charge in [0.1, 0.15) is 5.00 Å². The number of carbonyl (C=O) groups is 3. The minimum absolute atomic E-state index is 0.0848. The molecule has 2 aromatic heterocycles. The molecule has 1 amide bonds. The topological polar surface area (TPSA) is 111 Å². The van der Waals surface area contributed by atoms with Gasteiger partial charge in [0.15, 0.2) is 5.69 Å². The molecular weight excluding hydrogens is 334 g/mol. The first kappa shape index (κ1) is 17.7. The third kappa shape index (κ3) is 3.80. The van der Waals surface area contributed by atoms with Gasteiger partial charge in [-0.15, -0.1) is 11.3 Å². The van der Waals surface area contributed by atoms with Gasteiger partial charge in [-0.05, 0) is 25.5 Å². The summed E-state index contributed by atoms with van der Waals surface area (Å²) in [6.45, 7) is 3.81. The maximum absolute atomic E-state index is 12.3. The highest BCUT2D eigenvalue weighted by Gasteiger charge is 2.22. The first-order chi connectivity index (χ1) is 11.3. The van der Waals surface area contributed by atoms with Gasteiger partial charge in [-0.3, -0.25) is 14.3 Å². The van der Waals surface area contributed by atoms with Crippen LogP contribution in [0.3, 0.4) is 0 Å². The van der Waals surface area contributed by atoms with E-state index in [9.17, 15) is 14.4 Å². The average Bonchev–Trinajstić information content (AvgIpc) is 3.10. The molecule has 0 aromatic carbocycles. The van der Waals surface area contributed by atoms with Gasteiger partial charge in [0.25, 0.3) is 5.91 Å². The van der Waals surface area contributed by atoms with Crippen LogP contribution >= 0.6 is 11.3 Å². The van der Waals surface area contributed by atoms with Crippen LogP contribution in [0.25, 0.3) is 0 Å². The number of aromatic nitrogens is 2. The predicted octanol–water partition coefficient (Wildman–Crippen LogP) is 2.08. The zero-order chi connectivity index (χ0) is 17.9. The van der Waals surface area contributed by atoms with Gasteiger partial charge in [0.2, 0.25) is 0 Å². The van der Waals surface area contributed by atoms with Crippen molar-refractivity contribution in [1.29, 1.82) is 0 Å². The Balaban J connectivity index is 2.17. The van der Waals surface area contributed by atoms with Crippen LogP contribution in [0.1, 0.15) is 37.7 Å². The lowest BCUT2D eigenvalue weighted by atomic mass is 10.1. The minimum Gasteiger partial charge on any atom is -0.481 e. The molecule has 8 nitrogen and oxygen atoms in total. The van der Waals surface area contributed by atoms with Crippen LogP contribution in [-0.4, -0.2) is 39.8 Å². The van der Waals surface area contributed by atoms with Crippen molar-refractivity contribution >= 4 is 34.2 Å². The average molecular weight is 351 g/mol. The molecule has 0 radical (unpaired) electrons. The van der Waals surface area contributed by atoms with Gasteiger partial charge in [0.05, 0.1) is 25.6 Å². The second-order valence-corrected chi connectivity index (χ2v) is 6.27. The summed E-state index contributed by atoms with van der Waals surface area (Å²) >= 11 is 1.28. The molecule has 0 aliphatic rings. The van der Waals surface area contributed by atoms with Crippen LogP contribution in [-0.2, 0) is 16.1 Å². The first-order valence-corrected chi connectivity index (χ1v) is 7.90. The van der Waals surface area contributed by atoms with Crippen molar-refractivity contribution in [2.45, 2.75) is 26.8 Å². The van der Waals surface area contributed by atoms with E-state index < -0.39 is 17.8 Å². The van der Waals surface area contributed by atoms with Crippen molar-refractivity contribution in [3.05, 3.63) is 34.0 Å². The zero-order valence-electron chi connectivity index (χ0n) is 13.5. The van der Waals surface area contributed by atoms with E-state index in [4.69, 9.17) is 9.84 Å². The number of nitrogens with zero attached hydrogens (tertiary/aromatic N) is 2. The van der Waals surface area contributed by atoms with Gasteiger partial charge in [-0.2, -0.15) is 5.10 Å². The van der Waals surface area contributed by atoms with Crippen LogP contribution in [0.4, 0.5) is 5.00 Å². The molecule has 0 saturated heterocycles. The van der Waals surface area contributed by atoms with Crippen LogP contribution in [0.15, 0.2) is 12.3 Å². The van der Waals surface area contributed by atoms with Crippen molar-refractivity contribution in [2.75, 3.05) is 12.4 Å². The molecule has 9 heteroatoms. The van der Waals surface area contributed by atoms with Gasteiger partial charge < -0.3 is 15.2 Å². The van der Waals surface area contributed by atoms with E-state index in [2.05, 4.69) is 10.4 Å². The Morgan fingerprint density at radius 1 is 1.38 bits per heavy atom. The smallest absolute Gasteiger partial charge is 0.341 e. The van der Waals surface area contributed by atoms with Gasteiger partial charge in [0, 0.05) is 11.1 Å². The molecule has 128 valence electrons. The van der Waals surface area contributed by atoms with Crippen molar-refractivity contribution in [2.24, 2.45) is 0 Å². The van der Waals surface area contributed by atoms with E-state index in [-0.39, 0.29) is 18.7 Å². The van der Waals surface area contributed by atoms with E-state index in [1.54, 1.807) is 6.92 Å². The van der Waals surface area contributed by atoms with E-state index >= 15 is 0 Å². The number of nitrogens with one attached hydrogen (secondary N) is 1. The summed E-state index contributed by atoms with van der Waals surface area (Å²) in [5, 5.41) is 15.8. The lowest BCUT2D eigenvalue weighted by molar-refractivity contribution is -0.137. The molecule has 24 heavy (non-hydrogen) atoms. The fraction of sp³-hybridized carbons (Fsp3) is 0.333. The van der Waals surface area contributed by atoms with Gasteiger partial charge in [-0.25, -0.2) is 4.79 Å². The molecule has 2 aromatic rings. The predicted molar refractivity (Wildman–Crippen MR) is 87.6 cm³/mol. The normalized spacial score (nSPS) is 10.5. The standard InChI is InChI=1S/C15H17N3O5S/c1-8-9(2)24-14(12(8)15(22)23-3)16-13(21)10-4-6-18(17-10)7-5-11(19)20/h4,6H,5,7H2,1-3H3,(H,16,21)(H,19,20). The molecule has 0 saturated carbocycles. The molecule has 2 N–H and O–H groups in total. The Bertz CT molecular complexity index is 793. The number of rotatable bonds is 6. The number of ether oxygens (including phenoxy) is 1. The molecule has 0 fully saturated rings. The molecule has 0 unspecified atom stereocenters. The molecule has 0 spiro atoms. The lowest BCUT2D eigenvalue weighted by Crippen LogP contribution is -2.15. The fourth-order valence-corrected chi connectivity index (χ4v) is 3.09. The molecule has 0 atom stereocenters. The van der Waals surface area contributed by atoms with Crippen LogP contribution in [0.2, 0.25) is 0 Å². The summed E-state index contributed by atoms with van der Waals surface area (Å²) in [5.74, 6) is -1.93. The molecular formula is C15H17N3O5S. The first-order valence-electron chi connectivity index (χ1n) is 7.08. The molecule has 0 aliphatic heterocycles. The number of carboxylic acids is 1. The Kier molecular flexibility index (Phi) is 5.35. The number of hydrogen-bond acceptors (Lipinski definition) is 6. The highest BCUT2D eigenvalue weighted by atomic mass is 32.1.